The van der Waals surface area contributed by atoms with E-state index in [0.29, 0.717) is 10.8 Å². The maximum absolute atomic E-state index is 10.7. The Morgan fingerprint density at radius 2 is 1.04 bits per heavy atom. The number of carboxylic acids is 2. The predicted molar refractivity (Wildman–Crippen MR) is 94.6 cm³/mol. The van der Waals surface area contributed by atoms with Gasteiger partial charge in [-0.2, -0.15) is 0 Å². The molecule has 0 amide bonds. The van der Waals surface area contributed by atoms with Crippen molar-refractivity contribution in [3.05, 3.63) is 71.8 Å². The third-order valence-electron chi connectivity index (χ3n) is 4.00. The summed E-state index contributed by atoms with van der Waals surface area (Å²) in [4.78, 5) is 21.5. The van der Waals surface area contributed by atoms with E-state index < -0.39 is 11.9 Å². The molecule has 0 saturated heterocycles. The van der Waals surface area contributed by atoms with Crippen LogP contribution in [0.3, 0.4) is 0 Å². The Morgan fingerprint density at radius 3 is 1.33 bits per heavy atom. The van der Waals surface area contributed by atoms with E-state index >= 15 is 0 Å². The van der Waals surface area contributed by atoms with Crippen LogP contribution in [-0.2, 0) is 0 Å². The van der Waals surface area contributed by atoms with Crippen molar-refractivity contribution in [3.63, 3.8) is 0 Å². The molecule has 0 heterocycles. The highest BCUT2D eigenvalue weighted by Crippen LogP contribution is 2.24. The number of allylic oxidation sites excluding steroid dienone is 2. The van der Waals surface area contributed by atoms with Crippen molar-refractivity contribution in [2.75, 3.05) is 0 Å². The number of aromatic carboxylic acids is 2. The van der Waals surface area contributed by atoms with Gasteiger partial charge in [-0.3, -0.25) is 0 Å². The van der Waals surface area contributed by atoms with Crippen molar-refractivity contribution in [3.8, 4) is 0 Å². The highest BCUT2D eigenvalue weighted by atomic mass is 16.4. The summed E-state index contributed by atoms with van der Waals surface area (Å²) in [5.41, 5.74) is 3.18. The Kier molecular flexibility index (Phi) is 5.53. The lowest BCUT2D eigenvalue weighted by atomic mass is 9.93. The van der Waals surface area contributed by atoms with Crippen molar-refractivity contribution in [2.45, 2.75) is 25.7 Å². The lowest BCUT2D eigenvalue weighted by Crippen LogP contribution is -1.97. The van der Waals surface area contributed by atoms with Gasteiger partial charge < -0.3 is 10.2 Å². The van der Waals surface area contributed by atoms with Crippen molar-refractivity contribution >= 4 is 22.7 Å². The molecule has 0 atom stereocenters. The van der Waals surface area contributed by atoms with E-state index in [4.69, 9.17) is 10.2 Å². The van der Waals surface area contributed by atoms with Gasteiger partial charge in [-0.25, -0.2) is 9.59 Å². The smallest absolute Gasteiger partial charge is 0.335 e. The van der Waals surface area contributed by atoms with Gasteiger partial charge >= 0.3 is 11.9 Å². The molecular formula is C20H20O4. The number of carboxylic acid groups (broad SMARTS) is 2. The minimum absolute atomic E-state index is 0.190. The second kappa shape index (κ2) is 7.59. The summed E-state index contributed by atoms with van der Waals surface area (Å²) in [6, 6.07) is 9.15. The summed E-state index contributed by atoms with van der Waals surface area (Å²) >= 11 is 0. The zero-order valence-corrected chi connectivity index (χ0v) is 13.4. The minimum atomic E-state index is -0.996. The van der Waals surface area contributed by atoms with E-state index in [1.807, 2.05) is 0 Å². The van der Waals surface area contributed by atoms with Crippen LogP contribution in [0, 0.1) is 0 Å². The Balaban J connectivity index is 0.000000219. The molecule has 2 aromatic carbocycles. The molecule has 4 nitrogen and oxygen atoms in total. The van der Waals surface area contributed by atoms with Crippen molar-refractivity contribution in [2.24, 2.45) is 0 Å². The molecule has 1 aliphatic carbocycles. The van der Waals surface area contributed by atoms with Crippen LogP contribution in [-0.4, -0.2) is 22.2 Å². The second-order valence-corrected chi connectivity index (χ2v) is 5.89. The normalized spacial score (nSPS) is 14.0. The third-order valence-corrected chi connectivity index (χ3v) is 4.00. The quantitative estimate of drug-likeness (QED) is 0.770. The van der Waals surface area contributed by atoms with Gasteiger partial charge in [-0.1, -0.05) is 36.4 Å². The second-order valence-electron chi connectivity index (χ2n) is 5.89. The molecule has 4 heteroatoms. The molecule has 1 saturated carbocycles. The Bertz CT molecular complexity index is 736. The molecule has 0 aliphatic heterocycles. The largest absolute Gasteiger partial charge is 0.478 e. The van der Waals surface area contributed by atoms with Gasteiger partial charge in [0.25, 0.3) is 0 Å². The number of benzene rings is 2. The van der Waals surface area contributed by atoms with Gasteiger partial charge in [0.05, 0.1) is 11.1 Å². The van der Waals surface area contributed by atoms with Gasteiger partial charge in [0.2, 0.25) is 0 Å². The topological polar surface area (TPSA) is 74.6 Å². The van der Waals surface area contributed by atoms with Crippen LogP contribution in [0.1, 0.15) is 46.4 Å². The Labute approximate surface area is 140 Å². The van der Waals surface area contributed by atoms with Crippen molar-refractivity contribution < 1.29 is 19.8 Å². The highest BCUT2D eigenvalue weighted by molar-refractivity contribution is 5.97. The van der Waals surface area contributed by atoms with Crippen LogP contribution >= 0.6 is 0 Å². The first kappa shape index (κ1) is 17.5. The average Bonchev–Trinajstić information content (AvgIpc) is 2.57. The SMILES string of the molecule is C=C1CCC(=C)CC1.O=C(O)c1ccc2cc(C(=O)O)ccc2c1. The maximum atomic E-state index is 10.7. The maximum Gasteiger partial charge on any atom is 0.335 e. The fourth-order valence-corrected chi connectivity index (χ4v) is 2.47. The lowest BCUT2D eigenvalue weighted by molar-refractivity contribution is 0.0686. The molecule has 0 unspecified atom stereocenters. The number of carbonyl (C=O) groups is 2. The molecule has 2 N–H and O–H groups in total. The summed E-state index contributed by atoms with van der Waals surface area (Å²) in [5, 5.41) is 19.0. The van der Waals surface area contributed by atoms with Crippen LogP contribution in [0.25, 0.3) is 10.8 Å². The van der Waals surface area contributed by atoms with E-state index in [2.05, 4.69) is 13.2 Å². The summed E-state index contributed by atoms with van der Waals surface area (Å²) in [6.45, 7) is 7.82. The standard InChI is InChI=1S/C12H8O4.C8H12/c13-11(14)9-3-1-7-5-10(12(15)16)4-2-8(7)6-9;1-7-3-5-8(2)6-4-7/h1-6H,(H,13,14)(H,15,16);1-6H2. The van der Waals surface area contributed by atoms with Crippen LogP contribution in [0.5, 0.6) is 0 Å². The minimum Gasteiger partial charge on any atom is -0.478 e. The van der Waals surface area contributed by atoms with Gasteiger partial charge in [0.1, 0.15) is 0 Å². The first-order valence-electron chi connectivity index (χ1n) is 7.70. The molecule has 1 aliphatic rings. The van der Waals surface area contributed by atoms with Crippen LogP contribution in [0.4, 0.5) is 0 Å². The van der Waals surface area contributed by atoms with Gasteiger partial charge in [-0.15, -0.1) is 0 Å². The first-order valence-corrected chi connectivity index (χ1v) is 7.70. The lowest BCUT2D eigenvalue weighted by Gasteiger charge is -2.13. The molecule has 1 fully saturated rings. The van der Waals surface area contributed by atoms with E-state index in [1.54, 1.807) is 12.1 Å². The monoisotopic (exact) mass is 324 g/mol. The van der Waals surface area contributed by atoms with Gasteiger partial charge in [0.15, 0.2) is 0 Å². The van der Waals surface area contributed by atoms with Crippen molar-refractivity contribution in [1.82, 2.24) is 0 Å². The Hall–Kier alpha value is -2.88. The van der Waals surface area contributed by atoms with E-state index in [9.17, 15) is 9.59 Å². The Morgan fingerprint density at radius 1 is 0.708 bits per heavy atom. The van der Waals surface area contributed by atoms with E-state index in [-0.39, 0.29) is 11.1 Å². The molecule has 0 spiro atoms. The first-order chi connectivity index (χ1) is 11.4. The average molecular weight is 324 g/mol. The summed E-state index contributed by atoms with van der Waals surface area (Å²) in [7, 11) is 0. The zero-order valence-electron chi connectivity index (χ0n) is 13.4. The van der Waals surface area contributed by atoms with E-state index in [1.165, 1.54) is 61.1 Å². The molecule has 124 valence electrons. The fourth-order valence-electron chi connectivity index (χ4n) is 2.47. The highest BCUT2D eigenvalue weighted by Gasteiger charge is 2.06. The van der Waals surface area contributed by atoms with Crippen LogP contribution in [0.15, 0.2) is 60.7 Å². The van der Waals surface area contributed by atoms with Crippen LogP contribution < -0.4 is 0 Å². The number of fused-ring (bicyclic) bond motifs is 1. The summed E-state index contributed by atoms with van der Waals surface area (Å²) < 4.78 is 0. The number of hydrogen-bond donors (Lipinski definition) is 2. The molecule has 0 aromatic heterocycles. The number of hydrogen-bond acceptors (Lipinski definition) is 2. The van der Waals surface area contributed by atoms with E-state index in [0.717, 1.165) is 0 Å². The van der Waals surface area contributed by atoms with Gasteiger partial charge in [-0.05, 0) is 60.7 Å². The molecule has 24 heavy (non-hydrogen) atoms. The third kappa shape index (κ3) is 4.56. The van der Waals surface area contributed by atoms with Gasteiger partial charge in [0, 0.05) is 0 Å². The molecule has 0 radical (unpaired) electrons. The molecule has 0 bridgehead atoms. The predicted octanol–water partition coefficient (Wildman–Crippen LogP) is 4.91. The molecule has 3 rings (SSSR count). The van der Waals surface area contributed by atoms with Crippen molar-refractivity contribution in [1.29, 1.82) is 0 Å². The summed E-state index contributed by atoms with van der Waals surface area (Å²) in [6.07, 6.45) is 4.72. The van der Waals surface area contributed by atoms with Crippen LogP contribution in [0.2, 0.25) is 0 Å². The summed E-state index contributed by atoms with van der Waals surface area (Å²) in [5.74, 6) is -1.99. The zero-order chi connectivity index (χ0) is 17.7. The molecular weight excluding hydrogens is 304 g/mol. The number of rotatable bonds is 2. The molecule has 2 aromatic rings. The fraction of sp³-hybridized carbons (Fsp3) is 0.200.